The van der Waals surface area contributed by atoms with Gasteiger partial charge < -0.3 is 9.64 Å². The first-order valence-corrected chi connectivity index (χ1v) is 8.99. The van der Waals surface area contributed by atoms with Crippen LogP contribution in [-0.4, -0.2) is 52.1 Å². The van der Waals surface area contributed by atoms with Gasteiger partial charge in [0, 0.05) is 26.7 Å². The second kappa shape index (κ2) is 7.90. The molecule has 1 saturated carbocycles. The van der Waals surface area contributed by atoms with Gasteiger partial charge in [-0.3, -0.25) is 9.48 Å². The topological polar surface area (TPSA) is 60.2 Å². The van der Waals surface area contributed by atoms with Gasteiger partial charge in [-0.05, 0) is 38.0 Å². The Bertz CT molecular complexity index is 504. The summed E-state index contributed by atoms with van der Waals surface area (Å²) in [4.78, 5) is 14.2. The zero-order valence-electron chi connectivity index (χ0n) is 14.1. The van der Waals surface area contributed by atoms with Gasteiger partial charge in [-0.1, -0.05) is 24.5 Å². The molecule has 6 heteroatoms. The third-order valence-electron chi connectivity index (χ3n) is 5.03. The minimum atomic E-state index is -0.0610. The zero-order valence-corrected chi connectivity index (χ0v) is 14.1. The first-order valence-electron chi connectivity index (χ1n) is 8.99. The maximum absolute atomic E-state index is 12.5. The van der Waals surface area contributed by atoms with Gasteiger partial charge in [0.05, 0.1) is 12.3 Å². The minimum absolute atomic E-state index is 0.0610. The highest BCUT2D eigenvalue weighted by molar-refractivity contribution is 5.91. The number of nitrogens with zero attached hydrogens (tertiary/aromatic N) is 4. The van der Waals surface area contributed by atoms with Crippen LogP contribution in [0.5, 0.6) is 0 Å². The van der Waals surface area contributed by atoms with E-state index in [0.29, 0.717) is 18.2 Å². The van der Waals surface area contributed by atoms with Crippen molar-refractivity contribution in [1.82, 2.24) is 19.9 Å². The first kappa shape index (κ1) is 16.4. The van der Waals surface area contributed by atoms with Crippen molar-refractivity contribution in [3.8, 4) is 0 Å². The Kier molecular flexibility index (Phi) is 5.65. The van der Waals surface area contributed by atoms with Crippen molar-refractivity contribution in [2.75, 3.05) is 20.2 Å². The second-order valence-corrected chi connectivity index (χ2v) is 7.00. The Labute approximate surface area is 138 Å². The molecule has 23 heavy (non-hydrogen) atoms. The molecule has 1 saturated heterocycles. The van der Waals surface area contributed by atoms with Crippen LogP contribution in [0.3, 0.4) is 0 Å². The van der Waals surface area contributed by atoms with E-state index in [4.69, 9.17) is 4.74 Å². The van der Waals surface area contributed by atoms with Crippen LogP contribution in [0.2, 0.25) is 0 Å². The second-order valence-electron chi connectivity index (χ2n) is 7.00. The molecular formula is C17H28N4O2. The summed E-state index contributed by atoms with van der Waals surface area (Å²) >= 11 is 0. The van der Waals surface area contributed by atoms with E-state index in [1.54, 1.807) is 11.1 Å². The standard InChI is InChI=1S/C17H28N4O2/c1-20(12-15-9-5-6-10-23-15)17(22)16-13-21(19-18-16)11-14-7-3-2-4-8-14/h13-15H,2-12H2,1H3/t15-/m1/s1. The minimum Gasteiger partial charge on any atom is -0.376 e. The Balaban J connectivity index is 1.52. The van der Waals surface area contributed by atoms with Gasteiger partial charge in [0.25, 0.3) is 5.91 Å². The molecule has 1 atom stereocenters. The summed E-state index contributed by atoms with van der Waals surface area (Å²) in [6.07, 6.45) is 11.8. The molecule has 3 rings (SSSR count). The van der Waals surface area contributed by atoms with E-state index in [0.717, 1.165) is 26.0 Å². The molecule has 1 aromatic heterocycles. The summed E-state index contributed by atoms with van der Waals surface area (Å²) in [7, 11) is 1.82. The van der Waals surface area contributed by atoms with Crippen LogP contribution in [0.25, 0.3) is 0 Å². The number of amides is 1. The van der Waals surface area contributed by atoms with E-state index >= 15 is 0 Å². The predicted octanol–water partition coefficient (Wildman–Crippen LogP) is 2.50. The largest absolute Gasteiger partial charge is 0.376 e. The van der Waals surface area contributed by atoms with Crippen molar-refractivity contribution in [3.05, 3.63) is 11.9 Å². The van der Waals surface area contributed by atoms with Crippen LogP contribution in [-0.2, 0) is 11.3 Å². The van der Waals surface area contributed by atoms with Gasteiger partial charge in [0.1, 0.15) is 0 Å². The van der Waals surface area contributed by atoms with Gasteiger partial charge in [0.2, 0.25) is 0 Å². The Hall–Kier alpha value is -1.43. The summed E-state index contributed by atoms with van der Waals surface area (Å²) in [5, 5.41) is 8.23. The molecule has 2 heterocycles. The van der Waals surface area contributed by atoms with E-state index in [2.05, 4.69) is 10.3 Å². The highest BCUT2D eigenvalue weighted by Crippen LogP contribution is 2.24. The molecule has 1 aliphatic heterocycles. The smallest absolute Gasteiger partial charge is 0.275 e. The molecule has 1 amide bonds. The number of rotatable bonds is 5. The molecule has 1 aliphatic carbocycles. The first-order chi connectivity index (χ1) is 11.2. The van der Waals surface area contributed by atoms with E-state index in [-0.39, 0.29) is 12.0 Å². The van der Waals surface area contributed by atoms with Crippen molar-refractivity contribution in [1.29, 1.82) is 0 Å². The van der Waals surface area contributed by atoms with Crippen molar-refractivity contribution in [2.24, 2.45) is 5.92 Å². The lowest BCUT2D eigenvalue weighted by atomic mass is 9.89. The third-order valence-corrected chi connectivity index (χ3v) is 5.03. The number of hydrogen-bond acceptors (Lipinski definition) is 4. The van der Waals surface area contributed by atoms with E-state index < -0.39 is 0 Å². The predicted molar refractivity (Wildman–Crippen MR) is 87.1 cm³/mol. The van der Waals surface area contributed by atoms with Crippen LogP contribution in [0.15, 0.2) is 6.20 Å². The fraction of sp³-hybridized carbons (Fsp3) is 0.824. The number of carbonyl (C=O) groups excluding carboxylic acids is 1. The number of hydrogen-bond donors (Lipinski definition) is 0. The fourth-order valence-corrected chi connectivity index (χ4v) is 3.66. The zero-order chi connectivity index (χ0) is 16.1. The third kappa shape index (κ3) is 4.53. The summed E-state index contributed by atoms with van der Waals surface area (Å²) < 4.78 is 7.55. The average molecular weight is 320 g/mol. The van der Waals surface area contributed by atoms with Crippen LogP contribution in [0.1, 0.15) is 61.9 Å². The van der Waals surface area contributed by atoms with Gasteiger partial charge in [-0.15, -0.1) is 5.10 Å². The van der Waals surface area contributed by atoms with E-state index in [1.165, 1.54) is 38.5 Å². The molecule has 128 valence electrons. The molecule has 0 N–H and O–H groups in total. The molecular weight excluding hydrogens is 292 g/mol. The molecule has 0 unspecified atom stereocenters. The summed E-state index contributed by atoms with van der Waals surface area (Å²) in [5.74, 6) is 0.621. The van der Waals surface area contributed by atoms with Crippen LogP contribution in [0, 0.1) is 5.92 Å². The lowest BCUT2D eigenvalue weighted by Crippen LogP contribution is -2.37. The molecule has 2 aliphatic rings. The molecule has 0 bridgehead atoms. The maximum atomic E-state index is 12.5. The van der Waals surface area contributed by atoms with Crippen LogP contribution in [0.4, 0.5) is 0 Å². The van der Waals surface area contributed by atoms with Crippen LogP contribution < -0.4 is 0 Å². The molecule has 6 nitrogen and oxygen atoms in total. The van der Waals surface area contributed by atoms with E-state index in [1.807, 2.05) is 11.7 Å². The molecule has 2 fully saturated rings. The van der Waals surface area contributed by atoms with Gasteiger partial charge >= 0.3 is 0 Å². The number of carbonyl (C=O) groups is 1. The lowest BCUT2D eigenvalue weighted by molar-refractivity contribution is -0.000293. The average Bonchev–Trinajstić information content (AvgIpc) is 3.04. The molecule has 0 radical (unpaired) electrons. The maximum Gasteiger partial charge on any atom is 0.275 e. The van der Waals surface area contributed by atoms with Gasteiger partial charge in [0.15, 0.2) is 5.69 Å². The Morgan fingerprint density at radius 1 is 1.26 bits per heavy atom. The van der Waals surface area contributed by atoms with Crippen LogP contribution >= 0.6 is 0 Å². The van der Waals surface area contributed by atoms with Crippen molar-refractivity contribution < 1.29 is 9.53 Å². The highest BCUT2D eigenvalue weighted by Gasteiger charge is 2.22. The van der Waals surface area contributed by atoms with Gasteiger partial charge in [-0.25, -0.2) is 0 Å². The Morgan fingerprint density at radius 3 is 2.78 bits per heavy atom. The number of aromatic nitrogens is 3. The van der Waals surface area contributed by atoms with Crippen molar-refractivity contribution in [2.45, 2.75) is 64.0 Å². The Morgan fingerprint density at radius 2 is 2.04 bits per heavy atom. The summed E-state index contributed by atoms with van der Waals surface area (Å²) in [6.45, 7) is 2.33. The normalized spacial score (nSPS) is 22.9. The molecule has 1 aromatic rings. The molecule has 0 aromatic carbocycles. The monoisotopic (exact) mass is 320 g/mol. The molecule has 0 spiro atoms. The van der Waals surface area contributed by atoms with E-state index in [9.17, 15) is 4.79 Å². The van der Waals surface area contributed by atoms with Gasteiger partial charge in [-0.2, -0.15) is 0 Å². The summed E-state index contributed by atoms with van der Waals surface area (Å²) in [5.41, 5.74) is 0.444. The van der Waals surface area contributed by atoms with Crippen molar-refractivity contribution >= 4 is 5.91 Å². The number of ether oxygens (including phenoxy) is 1. The van der Waals surface area contributed by atoms with Crippen molar-refractivity contribution in [3.63, 3.8) is 0 Å². The highest BCUT2D eigenvalue weighted by atomic mass is 16.5. The quantitative estimate of drug-likeness (QED) is 0.836. The fourth-order valence-electron chi connectivity index (χ4n) is 3.66. The summed E-state index contributed by atoms with van der Waals surface area (Å²) in [6, 6.07) is 0. The number of likely N-dealkylation sites (N-methyl/N-ethyl adjacent to an activating group) is 1. The SMILES string of the molecule is CN(C[C@H]1CCCCO1)C(=O)c1cn(CC2CCCCC2)nn1. The lowest BCUT2D eigenvalue weighted by Gasteiger charge is -2.26.